The Morgan fingerprint density at radius 2 is 2.50 bits per heavy atom. The predicted octanol–water partition coefficient (Wildman–Crippen LogP) is 0.103. The number of hydrogen-bond donors (Lipinski definition) is 2. The minimum absolute atomic E-state index is 0.0353. The van der Waals surface area contributed by atoms with E-state index >= 15 is 0 Å². The fourth-order valence-electron chi connectivity index (χ4n) is 0.952. The van der Waals surface area contributed by atoms with E-state index in [4.69, 9.17) is 0 Å². The van der Waals surface area contributed by atoms with E-state index in [0.29, 0.717) is 6.54 Å². The van der Waals surface area contributed by atoms with Crippen LogP contribution in [0.2, 0.25) is 0 Å². The van der Waals surface area contributed by atoms with E-state index in [1.54, 1.807) is 24.0 Å². The van der Waals surface area contributed by atoms with E-state index in [0.717, 1.165) is 13.0 Å². The van der Waals surface area contributed by atoms with E-state index in [1.807, 2.05) is 0 Å². The molecule has 6 heteroatoms. The van der Waals surface area contributed by atoms with Crippen LogP contribution >= 0.6 is 12.6 Å². The topological polar surface area (TPSA) is 59.8 Å². The van der Waals surface area contributed by atoms with Crippen LogP contribution < -0.4 is 5.32 Å². The lowest BCUT2D eigenvalue weighted by molar-refractivity contribution is -0.120. The first-order valence-corrected chi connectivity index (χ1v) is 5.01. The van der Waals surface area contributed by atoms with Crippen molar-refractivity contribution in [2.45, 2.75) is 25.1 Å². The summed E-state index contributed by atoms with van der Waals surface area (Å²) in [6, 6.07) is 0. The van der Waals surface area contributed by atoms with Gasteiger partial charge in [-0.15, -0.1) is 5.10 Å². The minimum Gasteiger partial charge on any atom is -0.355 e. The van der Waals surface area contributed by atoms with Crippen molar-refractivity contribution < 1.29 is 4.79 Å². The number of carbonyl (C=O) groups excluding carboxylic acids is 1. The third-order valence-corrected chi connectivity index (χ3v) is 1.95. The molecule has 1 aromatic heterocycles. The summed E-state index contributed by atoms with van der Waals surface area (Å²) in [6.45, 7) is 3.15. The molecule has 0 aliphatic carbocycles. The largest absolute Gasteiger partial charge is 0.355 e. The molecule has 1 unspecified atom stereocenters. The number of aryl methyl sites for hydroxylation is 1. The second-order valence-corrected chi connectivity index (χ2v) is 3.76. The van der Waals surface area contributed by atoms with E-state index in [9.17, 15) is 4.79 Å². The summed E-state index contributed by atoms with van der Waals surface area (Å²) < 4.78 is 1.73. The zero-order valence-electron chi connectivity index (χ0n) is 8.05. The summed E-state index contributed by atoms with van der Waals surface area (Å²) in [6.07, 6.45) is 4.27. The molecule has 0 saturated carbocycles. The zero-order valence-corrected chi connectivity index (χ0v) is 8.94. The standard InChI is InChI=1S/C8H14N4OS/c1-7(14)8(13)9-3-2-5-12-6-4-10-11-12/h4,6-7,14H,2-3,5H2,1H3,(H,9,13). The van der Waals surface area contributed by atoms with Crippen molar-refractivity contribution in [1.82, 2.24) is 20.3 Å². The number of thiol groups is 1. The monoisotopic (exact) mass is 214 g/mol. The van der Waals surface area contributed by atoms with Crippen LogP contribution in [0.4, 0.5) is 0 Å². The fourth-order valence-corrected chi connectivity index (χ4v) is 1.04. The van der Waals surface area contributed by atoms with Crippen LogP contribution in [-0.2, 0) is 11.3 Å². The number of amides is 1. The third-order valence-electron chi connectivity index (χ3n) is 1.71. The number of hydrogen-bond acceptors (Lipinski definition) is 4. The molecule has 0 aromatic carbocycles. The first-order valence-electron chi connectivity index (χ1n) is 4.50. The molecule has 0 spiro atoms. The molecule has 0 radical (unpaired) electrons. The van der Waals surface area contributed by atoms with Gasteiger partial charge in [0, 0.05) is 19.3 Å². The Morgan fingerprint density at radius 1 is 1.71 bits per heavy atom. The molecule has 78 valence electrons. The van der Waals surface area contributed by atoms with Crippen molar-refractivity contribution in [2.24, 2.45) is 0 Å². The highest BCUT2D eigenvalue weighted by atomic mass is 32.1. The van der Waals surface area contributed by atoms with Gasteiger partial charge in [-0.2, -0.15) is 12.6 Å². The fraction of sp³-hybridized carbons (Fsp3) is 0.625. The first-order chi connectivity index (χ1) is 6.70. The second kappa shape index (κ2) is 5.64. The third kappa shape index (κ3) is 3.78. The Balaban J connectivity index is 2.08. The Morgan fingerprint density at radius 3 is 3.07 bits per heavy atom. The summed E-state index contributed by atoms with van der Waals surface area (Å²) in [5, 5.41) is 10.0. The SMILES string of the molecule is CC(S)C(=O)NCCCn1ccnn1. The summed E-state index contributed by atoms with van der Waals surface area (Å²) in [5.74, 6) is -0.0353. The van der Waals surface area contributed by atoms with Crippen molar-refractivity contribution in [1.29, 1.82) is 0 Å². The molecule has 5 nitrogen and oxygen atoms in total. The Hall–Kier alpha value is -1.04. The van der Waals surface area contributed by atoms with Gasteiger partial charge in [-0.25, -0.2) is 0 Å². The minimum atomic E-state index is -0.249. The van der Waals surface area contributed by atoms with Crippen molar-refractivity contribution in [3.63, 3.8) is 0 Å². The van der Waals surface area contributed by atoms with Crippen LogP contribution in [0.1, 0.15) is 13.3 Å². The van der Waals surface area contributed by atoms with E-state index in [1.165, 1.54) is 0 Å². The lowest BCUT2D eigenvalue weighted by Crippen LogP contribution is -2.30. The molecule has 0 aliphatic rings. The van der Waals surface area contributed by atoms with Gasteiger partial charge in [-0.3, -0.25) is 9.48 Å². The lowest BCUT2D eigenvalue weighted by atomic mass is 10.4. The number of carbonyl (C=O) groups is 1. The molecular formula is C8H14N4OS. The Kier molecular flexibility index (Phi) is 4.45. The maximum Gasteiger partial charge on any atom is 0.232 e. The Labute approximate surface area is 88.3 Å². The Bertz CT molecular complexity index is 273. The van der Waals surface area contributed by atoms with Gasteiger partial charge in [0.1, 0.15) is 0 Å². The predicted molar refractivity (Wildman–Crippen MR) is 56.1 cm³/mol. The quantitative estimate of drug-likeness (QED) is 0.540. The summed E-state index contributed by atoms with van der Waals surface area (Å²) in [4.78, 5) is 11.1. The van der Waals surface area contributed by atoms with Crippen LogP contribution in [-0.4, -0.2) is 32.7 Å². The maximum atomic E-state index is 11.1. The van der Waals surface area contributed by atoms with Gasteiger partial charge in [-0.05, 0) is 13.3 Å². The molecule has 1 atom stereocenters. The molecule has 0 fully saturated rings. The molecule has 1 aromatic rings. The van der Waals surface area contributed by atoms with Crippen LogP contribution in [0.25, 0.3) is 0 Å². The highest BCUT2D eigenvalue weighted by Crippen LogP contribution is 1.92. The molecular weight excluding hydrogens is 200 g/mol. The smallest absolute Gasteiger partial charge is 0.232 e. The van der Waals surface area contributed by atoms with Gasteiger partial charge >= 0.3 is 0 Å². The van der Waals surface area contributed by atoms with Gasteiger partial charge in [0.25, 0.3) is 0 Å². The molecule has 1 heterocycles. The molecule has 0 bridgehead atoms. The number of nitrogens with one attached hydrogen (secondary N) is 1. The van der Waals surface area contributed by atoms with Gasteiger partial charge in [0.05, 0.1) is 11.4 Å². The molecule has 1 amide bonds. The molecule has 1 rings (SSSR count). The molecule has 0 aliphatic heterocycles. The van der Waals surface area contributed by atoms with Crippen LogP contribution in [0.15, 0.2) is 12.4 Å². The number of rotatable bonds is 5. The van der Waals surface area contributed by atoms with Gasteiger partial charge in [-0.1, -0.05) is 5.21 Å². The molecule has 14 heavy (non-hydrogen) atoms. The van der Waals surface area contributed by atoms with Crippen LogP contribution in [0.5, 0.6) is 0 Å². The number of aromatic nitrogens is 3. The van der Waals surface area contributed by atoms with Crippen molar-refractivity contribution in [3.05, 3.63) is 12.4 Å². The van der Waals surface area contributed by atoms with Crippen LogP contribution in [0, 0.1) is 0 Å². The van der Waals surface area contributed by atoms with Crippen molar-refractivity contribution >= 4 is 18.5 Å². The highest BCUT2D eigenvalue weighted by Gasteiger charge is 2.05. The molecule has 1 N–H and O–H groups in total. The van der Waals surface area contributed by atoms with Gasteiger partial charge in [0.15, 0.2) is 0 Å². The second-order valence-electron chi connectivity index (χ2n) is 2.99. The van der Waals surface area contributed by atoms with Crippen molar-refractivity contribution in [3.8, 4) is 0 Å². The normalized spacial score (nSPS) is 12.4. The zero-order chi connectivity index (χ0) is 10.4. The van der Waals surface area contributed by atoms with Crippen molar-refractivity contribution in [2.75, 3.05) is 6.54 Å². The van der Waals surface area contributed by atoms with E-state index in [2.05, 4.69) is 28.3 Å². The van der Waals surface area contributed by atoms with Crippen LogP contribution in [0.3, 0.4) is 0 Å². The van der Waals surface area contributed by atoms with E-state index < -0.39 is 0 Å². The summed E-state index contributed by atoms with van der Waals surface area (Å²) >= 11 is 4.02. The average molecular weight is 214 g/mol. The summed E-state index contributed by atoms with van der Waals surface area (Å²) in [7, 11) is 0. The lowest BCUT2D eigenvalue weighted by Gasteiger charge is -2.06. The first kappa shape index (κ1) is 11.0. The van der Waals surface area contributed by atoms with E-state index in [-0.39, 0.29) is 11.2 Å². The van der Waals surface area contributed by atoms with Gasteiger partial charge in [0.2, 0.25) is 5.91 Å². The maximum absolute atomic E-state index is 11.1. The average Bonchev–Trinajstić information content (AvgIpc) is 2.64. The van der Waals surface area contributed by atoms with Gasteiger partial charge < -0.3 is 5.32 Å². The number of nitrogens with zero attached hydrogens (tertiary/aromatic N) is 3. The molecule has 0 saturated heterocycles. The summed E-state index contributed by atoms with van der Waals surface area (Å²) in [5.41, 5.74) is 0. The highest BCUT2D eigenvalue weighted by molar-refractivity contribution is 7.81.